The molecule has 0 aliphatic carbocycles. The lowest BCUT2D eigenvalue weighted by atomic mass is 10.0. The Morgan fingerprint density at radius 1 is 1.50 bits per heavy atom. The first-order valence-corrected chi connectivity index (χ1v) is 9.20. The molecule has 2 heterocycles. The van der Waals surface area contributed by atoms with Gasteiger partial charge in [-0.2, -0.15) is 0 Å². The topological polar surface area (TPSA) is 46.2 Å². The molecule has 1 aromatic heterocycles. The Labute approximate surface area is 114 Å². The lowest BCUT2D eigenvalue weighted by Crippen LogP contribution is -2.47. The van der Waals surface area contributed by atoms with Crippen molar-refractivity contribution in [3.8, 4) is 0 Å². The number of sulfone groups is 1. The number of hydrogen-bond acceptors (Lipinski definition) is 4. The van der Waals surface area contributed by atoms with Gasteiger partial charge in [0, 0.05) is 10.9 Å². The summed E-state index contributed by atoms with van der Waals surface area (Å²) in [6, 6.07) is 4.18. The van der Waals surface area contributed by atoms with E-state index in [9.17, 15) is 8.42 Å². The molecule has 2 atom stereocenters. The minimum absolute atomic E-state index is 0.0685. The summed E-state index contributed by atoms with van der Waals surface area (Å²) in [6.07, 6.45) is 3.51. The number of hydrogen-bond donors (Lipinski definition) is 1. The molecule has 0 bridgehead atoms. The van der Waals surface area contributed by atoms with Crippen LogP contribution in [-0.2, 0) is 16.3 Å². The molecule has 102 valence electrons. The highest BCUT2D eigenvalue weighted by Gasteiger charge is 2.35. The van der Waals surface area contributed by atoms with Gasteiger partial charge in [0.25, 0.3) is 0 Å². The van der Waals surface area contributed by atoms with Crippen LogP contribution in [-0.4, -0.2) is 32.0 Å². The fraction of sp³-hybridized carbons (Fsp3) is 0.692. The third kappa shape index (κ3) is 3.33. The first-order chi connectivity index (χ1) is 8.63. The van der Waals surface area contributed by atoms with E-state index in [4.69, 9.17) is 0 Å². The Balaban J connectivity index is 2.13. The van der Waals surface area contributed by atoms with Gasteiger partial charge in [0.1, 0.15) is 0 Å². The average Bonchev–Trinajstić information content (AvgIpc) is 2.81. The van der Waals surface area contributed by atoms with E-state index in [0.717, 1.165) is 32.2 Å². The van der Waals surface area contributed by atoms with Crippen molar-refractivity contribution in [1.82, 2.24) is 5.32 Å². The summed E-state index contributed by atoms with van der Waals surface area (Å²) in [6.45, 7) is 2.86. The number of nitrogens with one attached hydrogen (secondary N) is 1. The number of rotatable bonds is 5. The molecule has 0 spiro atoms. The summed E-state index contributed by atoms with van der Waals surface area (Å²) in [7, 11) is -2.91. The smallest absolute Gasteiger partial charge is 0.154 e. The van der Waals surface area contributed by atoms with Crippen molar-refractivity contribution in [3.63, 3.8) is 0 Å². The van der Waals surface area contributed by atoms with E-state index in [2.05, 4.69) is 11.4 Å². The van der Waals surface area contributed by atoms with Gasteiger partial charge in [-0.25, -0.2) is 8.42 Å². The lowest BCUT2D eigenvalue weighted by Gasteiger charge is -2.30. The third-order valence-electron chi connectivity index (χ3n) is 3.55. The van der Waals surface area contributed by atoms with Crippen molar-refractivity contribution in [3.05, 3.63) is 22.4 Å². The van der Waals surface area contributed by atoms with Crippen LogP contribution in [0.25, 0.3) is 0 Å². The van der Waals surface area contributed by atoms with Crippen molar-refractivity contribution >= 4 is 21.2 Å². The van der Waals surface area contributed by atoms with E-state index in [-0.39, 0.29) is 11.3 Å². The van der Waals surface area contributed by atoms with Gasteiger partial charge in [-0.1, -0.05) is 19.4 Å². The number of thiophene rings is 1. The van der Waals surface area contributed by atoms with Crippen molar-refractivity contribution in [1.29, 1.82) is 0 Å². The van der Waals surface area contributed by atoms with Crippen molar-refractivity contribution in [2.75, 3.05) is 12.3 Å². The molecule has 0 aromatic carbocycles. The van der Waals surface area contributed by atoms with Crippen LogP contribution < -0.4 is 5.32 Å². The molecule has 0 amide bonds. The van der Waals surface area contributed by atoms with Gasteiger partial charge in [0.05, 0.1) is 11.0 Å². The molecule has 1 aliphatic rings. The Bertz CT molecular complexity index is 453. The molecule has 2 unspecified atom stereocenters. The molecule has 1 N–H and O–H groups in total. The van der Waals surface area contributed by atoms with Gasteiger partial charge in [-0.15, -0.1) is 11.3 Å². The predicted octanol–water partition coefficient (Wildman–Crippen LogP) is 2.24. The minimum Gasteiger partial charge on any atom is -0.313 e. The monoisotopic (exact) mass is 287 g/mol. The normalized spacial score (nSPS) is 24.8. The maximum absolute atomic E-state index is 12.2. The van der Waals surface area contributed by atoms with Crippen molar-refractivity contribution in [2.45, 2.75) is 43.9 Å². The van der Waals surface area contributed by atoms with E-state index in [1.807, 2.05) is 18.4 Å². The van der Waals surface area contributed by atoms with Gasteiger partial charge < -0.3 is 5.32 Å². The Morgan fingerprint density at radius 2 is 2.33 bits per heavy atom. The number of likely N-dealkylation sites (N-methyl/N-ethyl adjacent to an activating group) is 1. The molecular formula is C13H21NO2S2. The van der Waals surface area contributed by atoms with E-state index in [1.165, 1.54) is 4.88 Å². The maximum atomic E-state index is 12.2. The SMILES string of the molecule is CCNC(Cc1cccs1)C1CCCCS1(=O)=O. The molecular weight excluding hydrogens is 266 g/mol. The second kappa shape index (κ2) is 6.17. The van der Waals surface area contributed by atoms with Crippen LogP contribution in [0.4, 0.5) is 0 Å². The van der Waals surface area contributed by atoms with Crippen molar-refractivity contribution in [2.24, 2.45) is 0 Å². The first kappa shape index (κ1) is 14.0. The van der Waals surface area contributed by atoms with Crippen LogP contribution >= 0.6 is 11.3 Å². The van der Waals surface area contributed by atoms with Crippen LogP contribution in [0.15, 0.2) is 17.5 Å². The summed E-state index contributed by atoms with van der Waals surface area (Å²) in [5, 5.41) is 5.22. The highest BCUT2D eigenvalue weighted by atomic mass is 32.2. The highest BCUT2D eigenvalue weighted by Crippen LogP contribution is 2.25. The molecule has 0 radical (unpaired) electrons. The predicted molar refractivity (Wildman–Crippen MR) is 76.9 cm³/mol. The molecule has 1 aromatic rings. The second-order valence-corrected chi connectivity index (χ2v) is 8.22. The molecule has 1 saturated heterocycles. The van der Waals surface area contributed by atoms with Crippen LogP contribution in [0, 0.1) is 0 Å². The maximum Gasteiger partial charge on any atom is 0.154 e. The van der Waals surface area contributed by atoms with E-state index in [1.54, 1.807) is 11.3 Å². The van der Waals surface area contributed by atoms with Crippen LogP contribution in [0.5, 0.6) is 0 Å². The third-order valence-corrected chi connectivity index (χ3v) is 6.79. The molecule has 0 saturated carbocycles. The van der Waals surface area contributed by atoms with Gasteiger partial charge >= 0.3 is 0 Å². The first-order valence-electron chi connectivity index (χ1n) is 6.61. The quantitative estimate of drug-likeness (QED) is 0.903. The Hall–Kier alpha value is -0.390. The highest BCUT2D eigenvalue weighted by molar-refractivity contribution is 7.92. The van der Waals surface area contributed by atoms with Crippen LogP contribution in [0.2, 0.25) is 0 Å². The Kier molecular flexibility index (Phi) is 4.81. The molecule has 1 fully saturated rings. The fourth-order valence-electron chi connectivity index (χ4n) is 2.67. The molecule has 5 heteroatoms. The standard InChI is InChI=1S/C13H21NO2S2/c1-2-14-12(10-11-6-5-8-17-11)13-7-3-4-9-18(13,15)16/h5-6,8,12-14H,2-4,7,9-10H2,1H3. The van der Waals surface area contributed by atoms with Gasteiger partial charge in [-0.05, 0) is 37.3 Å². The Morgan fingerprint density at radius 3 is 2.94 bits per heavy atom. The summed E-state index contributed by atoms with van der Waals surface area (Å²) in [5.41, 5.74) is 0. The van der Waals surface area contributed by atoms with Gasteiger partial charge in [0.15, 0.2) is 9.84 Å². The summed E-state index contributed by atoms with van der Waals surface area (Å²) < 4.78 is 24.4. The largest absolute Gasteiger partial charge is 0.313 e. The molecule has 2 rings (SSSR count). The fourth-order valence-corrected chi connectivity index (χ4v) is 5.57. The van der Waals surface area contributed by atoms with Gasteiger partial charge in [0.2, 0.25) is 0 Å². The summed E-state index contributed by atoms with van der Waals surface area (Å²) >= 11 is 1.71. The van der Waals surface area contributed by atoms with Gasteiger partial charge in [-0.3, -0.25) is 0 Å². The summed E-state index contributed by atoms with van der Waals surface area (Å²) in [4.78, 5) is 1.27. The van der Waals surface area contributed by atoms with Crippen molar-refractivity contribution < 1.29 is 8.42 Å². The minimum atomic E-state index is -2.91. The van der Waals surface area contributed by atoms with Crippen LogP contribution in [0.3, 0.4) is 0 Å². The molecule has 3 nitrogen and oxygen atoms in total. The average molecular weight is 287 g/mol. The zero-order valence-electron chi connectivity index (χ0n) is 10.8. The van der Waals surface area contributed by atoms with E-state index >= 15 is 0 Å². The second-order valence-electron chi connectivity index (χ2n) is 4.85. The zero-order chi connectivity index (χ0) is 13.0. The van der Waals surface area contributed by atoms with E-state index < -0.39 is 9.84 Å². The molecule has 18 heavy (non-hydrogen) atoms. The lowest BCUT2D eigenvalue weighted by molar-refractivity contribution is 0.442. The zero-order valence-corrected chi connectivity index (χ0v) is 12.4. The van der Waals surface area contributed by atoms with E-state index in [0.29, 0.717) is 5.75 Å². The van der Waals surface area contributed by atoms with Crippen LogP contribution in [0.1, 0.15) is 31.1 Å². The summed E-state index contributed by atoms with van der Waals surface area (Å²) in [5.74, 6) is 0.365. The molecule has 1 aliphatic heterocycles.